The molecule has 4 N–H and O–H groups in total. The summed E-state index contributed by atoms with van der Waals surface area (Å²) in [5, 5.41) is 2.69. The zero-order valence-corrected chi connectivity index (χ0v) is 13.4. The van der Waals surface area contributed by atoms with Gasteiger partial charge in [0.15, 0.2) is 0 Å². The summed E-state index contributed by atoms with van der Waals surface area (Å²) in [6.45, 7) is 0. The molecule has 0 spiro atoms. The van der Waals surface area contributed by atoms with E-state index >= 15 is 0 Å². The van der Waals surface area contributed by atoms with E-state index in [-0.39, 0.29) is 11.9 Å². The molecule has 3 aromatic rings. The van der Waals surface area contributed by atoms with Crippen LogP contribution in [0.25, 0.3) is 11.1 Å². The van der Waals surface area contributed by atoms with Crippen LogP contribution in [0.4, 0.5) is 11.8 Å². The van der Waals surface area contributed by atoms with E-state index in [1.807, 2.05) is 11.4 Å². The van der Waals surface area contributed by atoms with Gasteiger partial charge in [-0.2, -0.15) is 9.97 Å². The van der Waals surface area contributed by atoms with Gasteiger partial charge in [0.1, 0.15) is 10.7 Å². The summed E-state index contributed by atoms with van der Waals surface area (Å²) in [4.78, 5) is 20.0. The lowest BCUT2D eigenvalue weighted by molar-refractivity contribution is 0.0606. The number of carbonyl (C=O) groups excluding carboxylic acids is 1. The zero-order chi connectivity index (χ0) is 16.4. The van der Waals surface area contributed by atoms with Crippen molar-refractivity contribution in [2.45, 2.75) is 19.3 Å². The normalized spacial score (nSPS) is 11.0. The number of anilines is 2. The number of hydrogen-bond acceptors (Lipinski definition) is 8. The summed E-state index contributed by atoms with van der Waals surface area (Å²) in [7, 11) is 1.38. The maximum absolute atomic E-state index is 11.4. The summed E-state index contributed by atoms with van der Waals surface area (Å²) >= 11 is 1.39. The number of nitrogens with zero attached hydrogens (tertiary/aromatic N) is 2. The van der Waals surface area contributed by atoms with Crippen LogP contribution in [0.3, 0.4) is 0 Å². The second-order valence-electron chi connectivity index (χ2n) is 5.07. The van der Waals surface area contributed by atoms with Gasteiger partial charge >= 0.3 is 5.97 Å². The first kappa shape index (κ1) is 15.3. The zero-order valence-electron chi connectivity index (χ0n) is 12.5. The lowest BCUT2D eigenvalue weighted by Gasteiger charge is -2.00. The Labute approximate surface area is 136 Å². The van der Waals surface area contributed by atoms with Gasteiger partial charge in [0, 0.05) is 5.56 Å². The molecule has 0 aromatic carbocycles. The average Bonchev–Trinajstić information content (AvgIpc) is 3.14. The van der Waals surface area contributed by atoms with E-state index in [1.54, 1.807) is 6.26 Å². The SMILES string of the molecule is COC(=O)c1cc(CCCc2coc3nc(N)nc(N)c23)cs1. The topological polar surface area (TPSA) is 117 Å². The highest BCUT2D eigenvalue weighted by Crippen LogP contribution is 2.26. The summed E-state index contributed by atoms with van der Waals surface area (Å²) < 4.78 is 10.1. The van der Waals surface area contributed by atoms with Crippen LogP contribution in [0, 0.1) is 0 Å². The van der Waals surface area contributed by atoms with E-state index in [2.05, 4.69) is 9.97 Å². The molecule has 0 saturated heterocycles. The second kappa shape index (κ2) is 6.25. The minimum absolute atomic E-state index is 0.101. The molecular weight excluding hydrogens is 316 g/mol. The summed E-state index contributed by atoms with van der Waals surface area (Å²) in [6.07, 6.45) is 4.14. The number of rotatable bonds is 5. The number of aromatic nitrogens is 2. The number of thiophene rings is 1. The molecule has 0 saturated carbocycles. The number of fused-ring (bicyclic) bond motifs is 1. The summed E-state index contributed by atoms with van der Waals surface area (Å²) in [5.41, 5.74) is 13.9. The van der Waals surface area contributed by atoms with Crippen molar-refractivity contribution in [1.82, 2.24) is 9.97 Å². The van der Waals surface area contributed by atoms with Gasteiger partial charge in [-0.3, -0.25) is 0 Å². The number of esters is 1. The van der Waals surface area contributed by atoms with Crippen molar-refractivity contribution >= 4 is 40.2 Å². The van der Waals surface area contributed by atoms with E-state index in [9.17, 15) is 4.79 Å². The smallest absolute Gasteiger partial charge is 0.348 e. The van der Waals surface area contributed by atoms with Gasteiger partial charge in [-0.15, -0.1) is 11.3 Å². The molecule has 0 fully saturated rings. The maximum Gasteiger partial charge on any atom is 0.348 e. The van der Waals surface area contributed by atoms with Crippen molar-refractivity contribution < 1.29 is 13.9 Å². The highest BCUT2D eigenvalue weighted by molar-refractivity contribution is 7.12. The average molecular weight is 332 g/mol. The molecule has 7 nitrogen and oxygen atoms in total. The summed E-state index contributed by atoms with van der Waals surface area (Å²) in [6, 6.07) is 1.86. The lowest BCUT2D eigenvalue weighted by Crippen LogP contribution is -2.00. The van der Waals surface area contributed by atoms with Crippen LogP contribution in [0.2, 0.25) is 0 Å². The van der Waals surface area contributed by atoms with E-state index < -0.39 is 0 Å². The van der Waals surface area contributed by atoms with Crippen LogP contribution in [-0.2, 0) is 17.6 Å². The van der Waals surface area contributed by atoms with Gasteiger partial charge in [-0.25, -0.2) is 4.79 Å². The fourth-order valence-corrected chi connectivity index (χ4v) is 3.29. The molecular formula is C15H16N4O3S. The van der Waals surface area contributed by atoms with Crippen LogP contribution in [-0.4, -0.2) is 23.0 Å². The monoisotopic (exact) mass is 332 g/mol. The van der Waals surface area contributed by atoms with E-state index in [0.717, 1.165) is 35.8 Å². The van der Waals surface area contributed by atoms with Crippen molar-refractivity contribution in [2.75, 3.05) is 18.6 Å². The van der Waals surface area contributed by atoms with Crippen LogP contribution >= 0.6 is 11.3 Å². The number of nitrogens with two attached hydrogens (primary N) is 2. The quantitative estimate of drug-likeness (QED) is 0.689. The minimum Gasteiger partial charge on any atom is -0.465 e. The first-order chi connectivity index (χ1) is 11.1. The maximum atomic E-state index is 11.4. The second-order valence-corrected chi connectivity index (χ2v) is 5.98. The summed E-state index contributed by atoms with van der Waals surface area (Å²) in [5.74, 6) is 0.133. The predicted molar refractivity (Wildman–Crippen MR) is 88.3 cm³/mol. The van der Waals surface area contributed by atoms with E-state index in [4.69, 9.17) is 20.6 Å². The molecule has 3 aromatic heterocycles. The molecule has 8 heteroatoms. The van der Waals surface area contributed by atoms with Crippen molar-refractivity contribution in [2.24, 2.45) is 0 Å². The Hall–Kier alpha value is -2.61. The Kier molecular flexibility index (Phi) is 4.16. The van der Waals surface area contributed by atoms with Crippen molar-refractivity contribution in [3.8, 4) is 0 Å². The first-order valence-electron chi connectivity index (χ1n) is 7.03. The Morgan fingerprint density at radius 1 is 1.35 bits per heavy atom. The van der Waals surface area contributed by atoms with Gasteiger partial charge in [0.25, 0.3) is 0 Å². The van der Waals surface area contributed by atoms with Crippen LogP contribution < -0.4 is 11.5 Å². The number of carbonyl (C=O) groups is 1. The van der Waals surface area contributed by atoms with Gasteiger partial charge in [0.2, 0.25) is 11.7 Å². The molecule has 0 aliphatic carbocycles. The number of nitrogen functional groups attached to an aromatic ring is 2. The van der Waals surface area contributed by atoms with E-state index in [1.165, 1.54) is 18.4 Å². The van der Waals surface area contributed by atoms with Gasteiger partial charge in [-0.05, 0) is 36.3 Å². The largest absolute Gasteiger partial charge is 0.465 e. The molecule has 3 heterocycles. The fourth-order valence-electron chi connectivity index (χ4n) is 2.43. The van der Waals surface area contributed by atoms with Crippen molar-refractivity contribution in [1.29, 1.82) is 0 Å². The molecule has 0 aliphatic rings. The number of hydrogen-bond donors (Lipinski definition) is 2. The molecule has 0 atom stereocenters. The molecule has 0 aliphatic heterocycles. The molecule has 3 rings (SSSR count). The Morgan fingerprint density at radius 3 is 2.96 bits per heavy atom. The van der Waals surface area contributed by atoms with E-state index in [0.29, 0.717) is 16.4 Å². The molecule has 23 heavy (non-hydrogen) atoms. The third kappa shape index (κ3) is 3.11. The third-order valence-electron chi connectivity index (χ3n) is 3.51. The lowest BCUT2D eigenvalue weighted by atomic mass is 10.1. The molecule has 120 valence electrons. The number of ether oxygens (including phenoxy) is 1. The van der Waals surface area contributed by atoms with Crippen LogP contribution in [0.5, 0.6) is 0 Å². The van der Waals surface area contributed by atoms with Crippen molar-refractivity contribution in [3.63, 3.8) is 0 Å². The first-order valence-corrected chi connectivity index (χ1v) is 7.91. The third-order valence-corrected chi connectivity index (χ3v) is 4.47. The highest BCUT2D eigenvalue weighted by Gasteiger charge is 2.13. The van der Waals surface area contributed by atoms with Crippen LogP contribution in [0.15, 0.2) is 22.1 Å². The molecule has 0 unspecified atom stereocenters. The van der Waals surface area contributed by atoms with Crippen LogP contribution in [0.1, 0.15) is 27.2 Å². The predicted octanol–water partition coefficient (Wildman–Crippen LogP) is 2.41. The number of aryl methyl sites for hydroxylation is 2. The number of furan rings is 1. The fraction of sp³-hybridized carbons (Fsp3) is 0.267. The Bertz CT molecular complexity index is 856. The highest BCUT2D eigenvalue weighted by atomic mass is 32.1. The Morgan fingerprint density at radius 2 is 2.17 bits per heavy atom. The molecule has 0 radical (unpaired) electrons. The van der Waals surface area contributed by atoms with Gasteiger partial charge in [0.05, 0.1) is 18.8 Å². The standard InChI is InChI=1S/C15H16N4O3S/c1-21-14(20)10-5-8(7-23-10)3-2-4-9-6-22-13-11(9)12(16)18-15(17)19-13/h5-7H,2-4H2,1H3,(H4,16,17,18,19). The number of methoxy groups -OCH3 is 1. The van der Waals surface area contributed by atoms with Gasteiger partial charge in [-0.1, -0.05) is 0 Å². The minimum atomic E-state index is -0.301. The van der Waals surface area contributed by atoms with Crippen molar-refractivity contribution in [3.05, 3.63) is 33.7 Å². The molecule has 0 amide bonds. The van der Waals surface area contributed by atoms with Gasteiger partial charge < -0.3 is 20.6 Å². The molecule has 0 bridgehead atoms. The Balaban J connectivity index is 1.67.